The van der Waals surface area contributed by atoms with Crippen LogP contribution in [0.1, 0.15) is 48.3 Å². The second-order valence-corrected chi connectivity index (χ2v) is 9.20. The Balaban J connectivity index is 1.82. The molecule has 0 saturated heterocycles. The minimum atomic E-state index is -1.13. The van der Waals surface area contributed by atoms with Gasteiger partial charge < -0.3 is 15.0 Å². The number of hydrogen-bond acceptors (Lipinski definition) is 3. The standard InChI is InChI=1S/C27H25ClN2O4/c1-16(2)12-24(32)29-19-7-5-6-17(13-19)15-30-22-11-10-18(28)14-21(22)25(26(30)27(33)34)20-8-3-4-9-23(20)31/h3-8,10-11,13-14,16H,9,12,15H2,1-2H3,(H,29,32)(H,33,34). The Morgan fingerprint density at radius 2 is 1.97 bits per heavy atom. The predicted octanol–water partition coefficient (Wildman–Crippen LogP) is 5.94. The third kappa shape index (κ3) is 4.82. The smallest absolute Gasteiger partial charge is 0.353 e. The Morgan fingerprint density at radius 3 is 2.68 bits per heavy atom. The van der Waals surface area contributed by atoms with Crippen molar-refractivity contribution in [3.63, 3.8) is 0 Å². The van der Waals surface area contributed by atoms with E-state index in [0.717, 1.165) is 5.56 Å². The molecule has 1 amide bonds. The minimum absolute atomic E-state index is 0.0291. The molecule has 34 heavy (non-hydrogen) atoms. The van der Waals surface area contributed by atoms with E-state index in [-0.39, 0.29) is 36.3 Å². The van der Waals surface area contributed by atoms with Crippen molar-refractivity contribution in [1.82, 2.24) is 4.57 Å². The van der Waals surface area contributed by atoms with E-state index in [1.54, 1.807) is 47.1 Å². The maximum atomic E-state index is 12.7. The molecule has 2 N–H and O–H groups in total. The van der Waals surface area contributed by atoms with E-state index in [1.807, 2.05) is 32.0 Å². The number of carbonyl (C=O) groups excluding carboxylic acids is 2. The van der Waals surface area contributed by atoms with Gasteiger partial charge in [0.05, 0.1) is 0 Å². The summed E-state index contributed by atoms with van der Waals surface area (Å²) in [5.74, 6) is -1.10. The number of rotatable bonds is 7. The molecule has 0 unspecified atom stereocenters. The molecule has 0 spiro atoms. The number of nitrogens with one attached hydrogen (secondary N) is 1. The fraction of sp³-hybridized carbons (Fsp3) is 0.222. The highest BCUT2D eigenvalue weighted by Crippen LogP contribution is 2.36. The zero-order valence-corrected chi connectivity index (χ0v) is 19.7. The van der Waals surface area contributed by atoms with Gasteiger partial charge in [0.1, 0.15) is 5.69 Å². The van der Waals surface area contributed by atoms with Crippen LogP contribution in [0.5, 0.6) is 0 Å². The van der Waals surface area contributed by atoms with Gasteiger partial charge in [-0.1, -0.05) is 55.8 Å². The van der Waals surface area contributed by atoms with Crippen LogP contribution in [0.25, 0.3) is 16.5 Å². The van der Waals surface area contributed by atoms with Gasteiger partial charge in [0.2, 0.25) is 5.91 Å². The maximum Gasteiger partial charge on any atom is 0.353 e. The first kappa shape index (κ1) is 23.5. The van der Waals surface area contributed by atoms with Gasteiger partial charge >= 0.3 is 5.97 Å². The van der Waals surface area contributed by atoms with Gasteiger partial charge in [-0.2, -0.15) is 0 Å². The lowest BCUT2D eigenvalue weighted by molar-refractivity contribution is -0.117. The number of benzene rings is 2. The van der Waals surface area contributed by atoms with Crippen LogP contribution in [0.2, 0.25) is 5.02 Å². The first-order valence-corrected chi connectivity index (χ1v) is 11.5. The number of hydrogen-bond donors (Lipinski definition) is 2. The number of Topliss-reactive ketones (excluding diaryl/α,β-unsaturated/α-hetero) is 1. The minimum Gasteiger partial charge on any atom is -0.477 e. The fourth-order valence-corrected chi connectivity index (χ4v) is 4.44. The zero-order chi connectivity index (χ0) is 24.4. The second kappa shape index (κ2) is 9.69. The van der Waals surface area contributed by atoms with Gasteiger partial charge in [-0.25, -0.2) is 4.79 Å². The SMILES string of the molecule is CC(C)CC(=O)Nc1cccc(Cn2c(C(=O)O)c(C3=CC=CCC3=O)c3cc(Cl)ccc32)c1. The van der Waals surface area contributed by atoms with E-state index >= 15 is 0 Å². The van der Waals surface area contributed by atoms with Crippen LogP contribution in [0.3, 0.4) is 0 Å². The van der Waals surface area contributed by atoms with E-state index in [1.165, 1.54) is 0 Å². The molecule has 0 atom stereocenters. The predicted molar refractivity (Wildman–Crippen MR) is 134 cm³/mol. The molecule has 1 aromatic heterocycles. The number of ketones is 1. The Labute approximate surface area is 202 Å². The molecule has 1 aliphatic carbocycles. The molecule has 0 radical (unpaired) electrons. The van der Waals surface area contributed by atoms with Crippen LogP contribution in [0.15, 0.2) is 60.7 Å². The molecule has 0 fully saturated rings. The lowest BCUT2D eigenvalue weighted by Gasteiger charge is -2.13. The summed E-state index contributed by atoms with van der Waals surface area (Å²) in [6.07, 6.45) is 5.80. The summed E-state index contributed by atoms with van der Waals surface area (Å²) < 4.78 is 1.69. The van der Waals surface area contributed by atoms with Crippen LogP contribution in [-0.4, -0.2) is 27.3 Å². The van der Waals surface area contributed by atoms with E-state index in [4.69, 9.17) is 11.6 Å². The Kier molecular flexibility index (Phi) is 6.70. The average Bonchev–Trinajstić information content (AvgIpc) is 3.07. The summed E-state index contributed by atoms with van der Waals surface area (Å²) in [7, 11) is 0. The van der Waals surface area contributed by atoms with Crippen molar-refractivity contribution >= 4 is 51.4 Å². The molecule has 2 aromatic carbocycles. The number of halogens is 1. The number of carboxylic acids is 1. The van der Waals surface area contributed by atoms with Crippen molar-refractivity contribution in [1.29, 1.82) is 0 Å². The molecule has 7 heteroatoms. The van der Waals surface area contributed by atoms with Crippen LogP contribution < -0.4 is 5.32 Å². The molecular weight excluding hydrogens is 452 g/mol. The van der Waals surface area contributed by atoms with Gasteiger partial charge in [-0.15, -0.1) is 0 Å². The van der Waals surface area contributed by atoms with Crippen molar-refractivity contribution in [2.45, 2.75) is 33.2 Å². The Hall–Kier alpha value is -3.64. The normalized spacial score (nSPS) is 13.4. The molecule has 174 valence electrons. The number of aromatic carboxylic acids is 1. The first-order valence-electron chi connectivity index (χ1n) is 11.1. The third-order valence-electron chi connectivity index (χ3n) is 5.65. The molecule has 6 nitrogen and oxygen atoms in total. The summed E-state index contributed by atoms with van der Waals surface area (Å²) in [5, 5.41) is 14.2. The number of carbonyl (C=O) groups is 3. The molecule has 0 saturated carbocycles. The van der Waals surface area contributed by atoms with Crippen LogP contribution in [-0.2, 0) is 16.1 Å². The highest BCUT2D eigenvalue weighted by Gasteiger charge is 2.28. The van der Waals surface area contributed by atoms with Crippen molar-refractivity contribution in [2.75, 3.05) is 5.32 Å². The number of aromatic nitrogens is 1. The number of nitrogens with zero attached hydrogens (tertiary/aromatic N) is 1. The molecule has 1 heterocycles. The summed E-state index contributed by atoms with van der Waals surface area (Å²) >= 11 is 6.26. The molecule has 0 bridgehead atoms. The van der Waals surface area contributed by atoms with Gasteiger partial charge in [-0.3, -0.25) is 9.59 Å². The second-order valence-electron chi connectivity index (χ2n) is 8.76. The van der Waals surface area contributed by atoms with E-state index in [9.17, 15) is 19.5 Å². The molecule has 1 aliphatic rings. The van der Waals surface area contributed by atoms with Crippen molar-refractivity contribution in [2.24, 2.45) is 5.92 Å². The monoisotopic (exact) mass is 476 g/mol. The molecule has 3 aromatic rings. The number of fused-ring (bicyclic) bond motifs is 1. The van der Waals surface area contributed by atoms with Crippen LogP contribution in [0.4, 0.5) is 5.69 Å². The van der Waals surface area contributed by atoms with Gasteiger partial charge in [0.25, 0.3) is 0 Å². The number of carboxylic acid groups (broad SMARTS) is 1. The van der Waals surface area contributed by atoms with Crippen LogP contribution in [0, 0.1) is 5.92 Å². The lowest BCUT2D eigenvalue weighted by Crippen LogP contribution is -2.15. The van der Waals surface area contributed by atoms with Gasteiger partial charge in [0.15, 0.2) is 5.78 Å². The maximum absolute atomic E-state index is 12.7. The van der Waals surface area contributed by atoms with Crippen molar-refractivity contribution in [3.05, 3.63) is 82.5 Å². The average molecular weight is 477 g/mol. The number of allylic oxidation sites excluding steroid dienone is 4. The Bertz CT molecular complexity index is 1360. The summed E-state index contributed by atoms with van der Waals surface area (Å²) in [4.78, 5) is 37.4. The highest BCUT2D eigenvalue weighted by molar-refractivity contribution is 6.32. The van der Waals surface area contributed by atoms with Crippen LogP contribution >= 0.6 is 11.6 Å². The van der Waals surface area contributed by atoms with E-state index < -0.39 is 5.97 Å². The van der Waals surface area contributed by atoms with Gasteiger partial charge in [0, 0.05) is 52.1 Å². The summed E-state index contributed by atoms with van der Waals surface area (Å²) in [6, 6.07) is 12.5. The molecular formula is C27H25ClN2O4. The van der Waals surface area contributed by atoms with E-state index in [0.29, 0.717) is 39.2 Å². The summed E-state index contributed by atoms with van der Waals surface area (Å²) in [6.45, 7) is 4.20. The topological polar surface area (TPSA) is 88.4 Å². The Morgan fingerprint density at radius 1 is 1.18 bits per heavy atom. The summed E-state index contributed by atoms with van der Waals surface area (Å²) in [5.41, 5.74) is 2.89. The van der Waals surface area contributed by atoms with Crippen molar-refractivity contribution in [3.8, 4) is 0 Å². The highest BCUT2D eigenvalue weighted by atomic mass is 35.5. The van der Waals surface area contributed by atoms with Crippen molar-refractivity contribution < 1.29 is 19.5 Å². The zero-order valence-electron chi connectivity index (χ0n) is 19.0. The lowest BCUT2D eigenvalue weighted by atomic mass is 9.93. The molecule has 4 rings (SSSR count). The number of anilines is 1. The first-order chi connectivity index (χ1) is 16.2. The number of amides is 1. The van der Waals surface area contributed by atoms with E-state index in [2.05, 4.69) is 5.32 Å². The van der Waals surface area contributed by atoms with Gasteiger partial charge in [-0.05, 0) is 41.8 Å². The third-order valence-corrected chi connectivity index (χ3v) is 5.88. The largest absolute Gasteiger partial charge is 0.477 e. The molecule has 0 aliphatic heterocycles. The fourth-order valence-electron chi connectivity index (χ4n) is 4.26. The quantitative estimate of drug-likeness (QED) is 0.441.